The van der Waals surface area contributed by atoms with Crippen LogP contribution in [0.3, 0.4) is 0 Å². The highest BCUT2D eigenvalue weighted by atomic mass is 16.2. The molecule has 0 aromatic rings. The Kier molecular flexibility index (Phi) is 3.72. The standard InChI is InChI=1S/C10H20N2O/c1-4-8(2)10(13)12-6-5-11-9(3)7-12/h8-9,11H,4-7H2,1-3H3/t8-,9-/m1/s1. The van der Waals surface area contributed by atoms with Crippen LogP contribution in [0.2, 0.25) is 0 Å². The minimum absolute atomic E-state index is 0.185. The zero-order chi connectivity index (χ0) is 9.84. The molecule has 1 saturated heterocycles. The molecular formula is C10H20N2O. The first-order valence-corrected chi connectivity index (χ1v) is 5.17. The number of hydrogen-bond donors (Lipinski definition) is 1. The molecule has 3 heteroatoms. The molecule has 0 spiro atoms. The van der Waals surface area contributed by atoms with Gasteiger partial charge in [0.1, 0.15) is 0 Å². The number of amides is 1. The van der Waals surface area contributed by atoms with Gasteiger partial charge in [0.2, 0.25) is 5.91 Å². The van der Waals surface area contributed by atoms with E-state index in [1.165, 1.54) is 0 Å². The van der Waals surface area contributed by atoms with Crippen molar-refractivity contribution in [3.63, 3.8) is 0 Å². The lowest BCUT2D eigenvalue weighted by Gasteiger charge is -2.33. The van der Waals surface area contributed by atoms with Crippen LogP contribution in [0.1, 0.15) is 27.2 Å². The van der Waals surface area contributed by atoms with Crippen LogP contribution in [0, 0.1) is 5.92 Å². The second-order valence-electron chi connectivity index (χ2n) is 3.95. The van der Waals surface area contributed by atoms with Gasteiger partial charge in [-0.05, 0) is 13.3 Å². The molecular weight excluding hydrogens is 164 g/mol. The Morgan fingerprint density at radius 1 is 1.69 bits per heavy atom. The van der Waals surface area contributed by atoms with E-state index in [0.717, 1.165) is 26.1 Å². The SMILES string of the molecule is CC[C@@H](C)C(=O)N1CCN[C@H](C)C1. The summed E-state index contributed by atoms with van der Waals surface area (Å²) in [4.78, 5) is 13.8. The van der Waals surface area contributed by atoms with E-state index >= 15 is 0 Å². The molecule has 0 bridgehead atoms. The molecule has 2 atom stereocenters. The lowest BCUT2D eigenvalue weighted by atomic mass is 10.1. The van der Waals surface area contributed by atoms with Crippen LogP contribution in [-0.2, 0) is 4.79 Å². The van der Waals surface area contributed by atoms with Crippen molar-refractivity contribution in [2.45, 2.75) is 33.2 Å². The number of nitrogens with one attached hydrogen (secondary N) is 1. The molecule has 1 heterocycles. The molecule has 1 aliphatic heterocycles. The van der Waals surface area contributed by atoms with Crippen molar-refractivity contribution in [1.82, 2.24) is 10.2 Å². The fraction of sp³-hybridized carbons (Fsp3) is 0.900. The molecule has 3 nitrogen and oxygen atoms in total. The quantitative estimate of drug-likeness (QED) is 0.690. The van der Waals surface area contributed by atoms with E-state index < -0.39 is 0 Å². The van der Waals surface area contributed by atoms with Crippen LogP contribution in [0.15, 0.2) is 0 Å². The van der Waals surface area contributed by atoms with Crippen molar-refractivity contribution in [3.8, 4) is 0 Å². The van der Waals surface area contributed by atoms with E-state index in [2.05, 4.69) is 19.2 Å². The summed E-state index contributed by atoms with van der Waals surface area (Å²) in [7, 11) is 0. The van der Waals surface area contributed by atoms with Gasteiger partial charge in [0.25, 0.3) is 0 Å². The first-order valence-electron chi connectivity index (χ1n) is 5.17. The molecule has 1 aliphatic rings. The third-order valence-corrected chi connectivity index (χ3v) is 2.71. The minimum Gasteiger partial charge on any atom is -0.340 e. The average molecular weight is 184 g/mol. The normalized spacial score (nSPS) is 25.8. The topological polar surface area (TPSA) is 32.3 Å². The maximum Gasteiger partial charge on any atom is 0.225 e. The molecule has 0 aromatic heterocycles. The van der Waals surface area contributed by atoms with Crippen molar-refractivity contribution in [2.24, 2.45) is 5.92 Å². The number of nitrogens with zero attached hydrogens (tertiary/aromatic N) is 1. The molecule has 1 N–H and O–H groups in total. The smallest absolute Gasteiger partial charge is 0.225 e. The van der Waals surface area contributed by atoms with Crippen LogP contribution < -0.4 is 5.32 Å². The second kappa shape index (κ2) is 4.61. The number of rotatable bonds is 2. The molecule has 0 aliphatic carbocycles. The first-order chi connectivity index (χ1) is 6.15. The summed E-state index contributed by atoms with van der Waals surface area (Å²) in [5, 5.41) is 3.33. The monoisotopic (exact) mass is 184 g/mol. The van der Waals surface area contributed by atoms with Gasteiger partial charge in [-0.15, -0.1) is 0 Å². The summed E-state index contributed by atoms with van der Waals surface area (Å²) in [5.74, 6) is 0.501. The zero-order valence-electron chi connectivity index (χ0n) is 8.84. The third kappa shape index (κ3) is 2.69. The number of carbonyl (C=O) groups excluding carboxylic acids is 1. The van der Waals surface area contributed by atoms with Gasteiger partial charge < -0.3 is 10.2 Å². The van der Waals surface area contributed by atoms with E-state index in [4.69, 9.17) is 0 Å². The average Bonchev–Trinajstić information content (AvgIpc) is 2.15. The van der Waals surface area contributed by atoms with E-state index in [1.807, 2.05) is 11.8 Å². The summed E-state index contributed by atoms with van der Waals surface area (Å²) in [5.41, 5.74) is 0. The van der Waals surface area contributed by atoms with E-state index in [0.29, 0.717) is 11.9 Å². The zero-order valence-corrected chi connectivity index (χ0v) is 8.84. The predicted octanol–water partition coefficient (Wildman–Crippen LogP) is 0.853. The number of hydrogen-bond acceptors (Lipinski definition) is 2. The fourth-order valence-electron chi connectivity index (χ4n) is 1.62. The molecule has 0 saturated carbocycles. The van der Waals surface area contributed by atoms with Crippen molar-refractivity contribution >= 4 is 5.91 Å². The highest BCUT2D eigenvalue weighted by Gasteiger charge is 2.23. The molecule has 76 valence electrons. The number of carbonyl (C=O) groups is 1. The summed E-state index contributed by atoms with van der Waals surface area (Å²) in [6, 6.07) is 0.446. The lowest BCUT2D eigenvalue weighted by molar-refractivity contribution is -0.136. The minimum atomic E-state index is 0.185. The Balaban J connectivity index is 2.46. The van der Waals surface area contributed by atoms with Gasteiger partial charge in [-0.1, -0.05) is 13.8 Å². The predicted molar refractivity (Wildman–Crippen MR) is 53.5 cm³/mol. The van der Waals surface area contributed by atoms with Gasteiger partial charge in [-0.25, -0.2) is 0 Å². The Morgan fingerprint density at radius 2 is 2.38 bits per heavy atom. The maximum atomic E-state index is 11.8. The summed E-state index contributed by atoms with van der Waals surface area (Å²) < 4.78 is 0. The van der Waals surface area contributed by atoms with Gasteiger partial charge in [0.15, 0.2) is 0 Å². The summed E-state index contributed by atoms with van der Waals surface area (Å²) in [6.07, 6.45) is 0.942. The summed E-state index contributed by atoms with van der Waals surface area (Å²) >= 11 is 0. The van der Waals surface area contributed by atoms with Gasteiger partial charge in [0, 0.05) is 31.6 Å². The van der Waals surface area contributed by atoms with Crippen molar-refractivity contribution in [1.29, 1.82) is 0 Å². The van der Waals surface area contributed by atoms with Crippen LogP contribution in [0.4, 0.5) is 0 Å². The highest BCUT2D eigenvalue weighted by molar-refractivity contribution is 5.78. The lowest BCUT2D eigenvalue weighted by Crippen LogP contribution is -2.52. The summed E-state index contributed by atoms with van der Waals surface area (Å²) in [6.45, 7) is 8.86. The first kappa shape index (κ1) is 10.5. The molecule has 1 fully saturated rings. The Bertz CT molecular complexity index is 182. The molecule has 1 amide bonds. The Hall–Kier alpha value is -0.570. The van der Waals surface area contributed by atoms with E-state index in [-0.39, 0.29) is 5.92 Å². The van der Waals surface area contributed by atoms with Crippen molar-refractivity contribution in [3.05, 3.63) is 0 Å². The third-order valence-electron chi connectivity index (χ3n) is 2.71. The van der Waals surface area contributed by atoms with Gasteiger partial charge in [-0.2, -0.15) is 0 Å². The van der Waals surface area contributed by atoms with Crippen LogP contribution in [0.5, 0.6) is 0 Å². The Labute approximate surface area is 80.5 Å². The molecule has 1 rings (SSSR count). The van der Waals surface area contributed by atoms with Crippen LogP contribution in [-0.4, -0.2) is 36.5 Å². The molecule has 0 radical (unpaired) electrons. The fourth-order valence-corrected chi connectivity index (χ4v) is 1.62. The highest BCUT2D eigenvalue weighted by Crippen LogP contribution is 2.08. The second-order valence-corrected chi connectivity index (χ2v) is 3.95. The largest absolute Gasteiger partial charge is 0.340 e. The molecule has 0 aromatic carbocycles. The van der Waals surface area contributed by atoms with Gasteiger partial charge >= 0.3 is 0 Å². The van der Waals surface area contributed by atoms with E-state index in [9.17, 15) is 4.79 Å². The molecule has 0 unspecified atom stereocenters. The van der Waals surface area contributed by atoms with Gasteiger partial charge in [-0.3, -0.25) is 4.79 Å². The maximum absolute atomic E-state index is 11.8. The van der Waals surface area contributed by atoms with E-state index in [1.54, 1.807) is 0 Å². The van der Waals surface area contributed by atoms with Crippen molar-refractivity contribution < 1.29 is 4.79 Å². The van der Waals surface area contributed by atoms with Gasteiger partial charge in [0.05, 0.1) is 0 Å². The van der Waals surface area contributed by atoms with Crippen LogP contribution in [0.25, 0.3) is 0 Å². The number of piperazine rings is 1. The Morgan fingerprint density at radius 3 is 2.92 bits per heavy atom. The van der Waals surface area contributed by atoms with Crippen molar-refractivity contribution in [2.75, 3.05) is 19.6 Å². The van der Waals surface area contributed by atoms with Crippen LogP contribution >= 0.6 is 0 Å². The molecule has 13 heavy (non-hydrogen) atoms.